The first-order chi connectivity index (χ1) is 8.17. The van der Waals surface area contributed by atoms with Crippen LogP contribution in [0.1, 0.15) is 57.7 Å². The van der Waals surface area contributed by atoms with Gasteiger partial charge in [-0.05, 0) is 37.3 Å². The largest absolute Gasteiger partial charge is 0.308 e. The van der Waals surface area contributed by atoms with Gasteiger partial charge in [0.15, 0.2) is 0 Å². The van der Waals surface area contributed by atoms with Crippen LogP contribution in [-0.2, 0) is 7.05 Å². The number of aromatic nitrogens is 2. The average Bonchev–Trinajstić information content (AvgIpc) is 2.90. The van der Waals surface area contributed by atoms with Crippen molar-refractivity contribution < 1.29 is 0 Å². The van der Waals surface area contributed by atoms with E-state index in [9.17, 15) is 0 Å². The lowest BCUT2D eigenvalue weighted by atomic mass is 9.79. The number of hydrogen-bond donors (Lipinski definition) is 1. The lowest BCUT2D eigenvalue weighted by molar-refractivity contribution is 0.214. The monoisotopic (exact) mass is 235 g/mol. The summed E-state index contributed by atoms with van der Waals surface area (Å²) in [5.74, 6) is 0. The number of rotatable bonds is 5. The zero-order valence-corrected chi connectivity index (χ0v) is 11.4. The predicted octanol–water partition coefficient (Wildman–Crippen LogP) is 3.04. The Morgan fingerprint density at radius 3 is 2.71 bits per heavy atom. The van der Waals surface area contributed by atoms with Crippen LogP contribution in [0.5, 0.6) is 0 Å². The van der Waals surface area contributed by atoms with Gasteiger partial charge < -0.3 is 5.32 Å². The van der Waals surface area contributed by atoms with Gasteiger partial charge in [0.05, 0.1) is 11.7 Å². The third kappa shape index (κ3) is 2.54. The lowest BCUT2D eigenvalue weighted by Crippen LogP contribution is -2.36. The molecule has 2 rings (SSSR count). The Hall–Kier alpha value is -0.830. The Bertz CT molecular complexity index is 350. The van der Waals surface area contributed by atoms with E-state index < -0.39 is 0 Å². The summed E-state index contributed by atoms with van der Waals surface area (Å²) in [5.41, 5.74) is 1.74. The van der Waals surface area contributed by atoms with Gasteiger partial charge >= 0.3 is 0 Å². The van der Waals surface area contributed by atoms with Gasteiger partial charge in [-0.3, -0.25) is 4.68 Å². The Labute approximate surface area is 105 Å². The van der Waals surface area contributed by atoms with Crippen molar-refractivity contribution in [2.75, 3.05) is 6.54 Å². The minimum atomic E-state index is 0.406. The van der Waals surface area contributed by atoms with Gasteiger partial charge in [-0.2, -0.15) is 5.10 Å². The van der Waals surface area contributed by atoms with Crippen molar-refractivity contribution in [1.29, 1.82) is 0 Å². The molecule has 0 amide bonds. The van der Waals surface area contributed by atoms with E-state index in [-0.39, 0.29) is 0 Å². The third-order valence-electron chi connectivity index (χ3n) is 4.20. The van der Waals surface area contributed by atoms with Gasteiger partial charge in [-0.15, -0.1) is 0 Å². The van der Waals surface area contributed by atoms with Crippen LogP contribution in [0.2, 0.25) is 0 Å². The van der Waals surface area contributed by atoms with Crippen LogP contribution in [0.15, 0.2) is 12.3 Å². The maximum absolute atomic E-state index is 4.32. The molecular formula is C14H25N3. The molecule has 0 bridgehead atoms. The molecule has 17 heavy (non-hydrogen) atoms. The van der Waals surface area contributed by atoms with Gasteiger partial charge in [0, 0.05) is 13.2 Å². The SMILES string of the molecule is CCCNC(c1ccnn1C)C1(C)CCCC1. The Morgan fingerprint density at radius 1 is 1.47 bits per heavy atom. The van der Waals surface area contributed by atoms with Crippen LogP contribution in [-0.4, -0.2) is 16.3 Å². The molecule has 1 fully saturated rings. The summed E-state index contributed by atoms with van der Waals surface area (Å²) in [6.45, 7) is 5.75. The quantitative estimate of drug-likeness (QED) is 0.850. The van der Waals surface area contributed by atoms with Crippen molar-refractivity contribution in [2.45, 2.75) is 52.0 Å². The Morgan fingerprint density at radius 2 is 2.18 bits per heavy atom. The van der Waals surface area contributed by atoms with Crippen molar-refractivity contribution in [3.63, 3.8) is 0 Å². The minimum Gasteiger partial charge on any atom is -0.308 e. The number of aryl methyl sites for hydroxylation is 1. The van der Waals surface area contributed by atoms with Gasteiger partial charge in [0.1, 0.15) is 0 Å². The van der Waals surface area contributed by atoms with Crippen LogP contribution >= 0.6 is 0 Å². The van der Waals surface area contributed by atoms with Crippen LogP contribution in [0.3, 0.4) is 0 Å². The molecule has 1 aliphatic rings. The molecule has 1 atom stereocenters. The molecule has 3 heteroatoms. The van der Waals surface area contributed by atoms with Crippen molar-refractivity contribution in [2.24, 2.45) is 12.5 Å². The highest BCUT2D eigenvalue weighted by molar-refractivity contribution is 5.12. The average molecular weight is 235 g/mol. The van der Waals surface area contributed by atoms with Crippen LogP contribution in [0, 0.1) is 5.41 Å². The molecule has 1 heterocycles. The molecule has 1 saturated carbocycles. The molecule has 0 spiro atoms. The molecule has 3 nitrogen and oxygen atoms in total. The first kappa shape index (κ1) is 12.6. The molecular weight excluding hydrogens is 210 g/mol. The van der Waals surface area contributed by atoms with E-state index in [0.29, 0.717) is 11.5 Å². The summed E-state index contributed by atoms with van der Waals surface area (Å²) < 4.78 is 2.02. The first-order valence-corrected chi connectivity index (χ1v) is 6.88. The molecule has 0 aliphatic heterocycles. The summed E-state index contributed by atoms with van der Waals surface area (Å²) >= 11 is 0. The second-order valence-electron chi connectivity index (χ2n) is 5.63. The number of nitrogens with one attached hydrogen (secondary N) is 1. The molecule has 1 N–H and O–H groups in total. The zero-order valence-electron chi connectivity index (χ0n) is 11.4. The highest BCUT2D eigenvalue weighted by Crippen LogP contribution is 2.46. The molecule has 1 unspecified atom stereocenters. The molecule has 1 aromatic rings. The predicted molar refractivity (Wildman–Crippen MR) is 70.8 cm³/mol. The summed E-state index contributed by atoms with van der Waals surface area (Å²) in [7, 11) is 2.05. The van der Waals surface area contributed by atoms with Crippen LogP contribution < -0.4 is 5.32 Å². The summed E-state index contributed by atoms with van der Waals surface area (Å²) in [6.07, 6.45) is 8.51. The molecule has 0 saturated heterocycles. The molecule has 1 aromatic heterocycles. The summed E-state index contributed by atoms with van der Waals surface area (Å²) in [4.78, 5) is 0. The van der Waals surface area contributed by atoms with E-state index >= 15 is 0 Å². The fourth-order valence-electron chi connectivity index (χ4n) is 3.14. The third-order valence-corrected chi connectivity index (χ3v) is 4.20. The van der Waals surface area contributed by atoms with Crippen LogP contribution in [0.4, 0.5) is 0 Å². The summed E-state index contributed by atoms with van der Waals surface area (Å²) in [6, 6.07) is 2.62. The lowest BCUT2D eigenvalue weighted by Gasteiger charge is -2.35. The fraction of sp³-hybridized carbons (Fsp3) is 0.786. The maximum atomic E-state index is 4.32. The van der Waals surface area contributed by atoms with E-state index in [0.717, 1.165) is 6.54 Å². The van der Waals surface area contributed by atoms with E-state index in [2.05, 4.69) is 30.3 Å². The molecule has 1 aliphatic carbocycles. The van der Waals surface area contributed by atoms with E-state index in [1.165, 1.54) is 37.8 Å². The smallest absolute Gasteiger partial charge is 0.0555 e. The van der Waals surface area contributed by atoms with Crippen molar-refractivity contribution in [1.82, 2.24) is 15.1 Å². The van der Waals surface area contributed by atoms with Crippen molar-refractivity contribution >= 4 is 0 Å². The zero-order chi connectivity index (χ0) is 12.3. The Balaban J connectivity index is 2.21. The van der Waals surface area contributed by atoms with Gasteiger partial charge in [0.2, 0.25) is 0 Å². The van der Waals surface area contributed by atoms with E-state index in [4.69, 9.17) is 0 Å². The molecule has 0 aromatic carbocycles. The Kier molecular flexibility index (Phi) is 3.87. The van der Waals surface area contributed by atoms with Crippen molar-refractivity contribution in [3.05, 3.63) is 18.0 Å². The first-order valence-electron chi connectivity index (χ1n) is 6.88. The number of hydrogen-bond acceptors (Lipinski definition) is 2. The summed E-state index contributed by atoms with van der Waals surface area (Å²) in [5, 5.41) is 8.06. The topological polar surface area (TPSA) is 29.9 Å². The van der Waals surface area contributed by atoms with Crippen LogP contribution in [0.25, 0.3) is 0 Å². The fourth-order valence-corrected chi connectivity index (χ4v) is 3.14. The van der Waals surface area contributed by atoms with Gasteiger partial charge in [-0.25, -0.2) is 0 Å². The highest BCUT2D eigenvalue weighted by atomic mass is 15.3. The second kappa shape index (κ2) is 5.21. The minimum absolute atomic E-state index is 0.406. The van der Waals surface area contributed by atoms with Crippen molar-refractivity contribution in [3.8, 4) is 0 Å². The van der Waals surface area contributed by atoms with E-state index in [1.54, 1.807) is 0 Å². The van der Waals surface area contributed by atoms with Gasteiger partial charge in [0.25, 0.3) is 0 Å². The second-order valence-corrected chi connectivity index (χ2v) is 5.63. The van der Waals surface area contributed by atoms with Gasteiger partial charge in [-0.1, -0.05) is 26.7 Å². The molecule has 96 valence electrons. The maximum Gasteiger partial charge on any atom is 0.0555 e. The normalized spacial score (nSPS) is 20.6. The van der Waals surface area contributed by atoms with E-state index in [1.807, 2.05) is 17.9 Å². The number of nitrogens with zero attached hydrogens (tertiary/aromatic N) is 2. The highest BCUT2D eigenvalue weighted by Gasteiger charge is 2.38. The molecule has 0 radical (unpaired) electrons. The standard InChI is InChI=1S/C14H25N3/c1-4-10-15-13(12-7-11-16-17(12)3)14(2)8-5-6-9-14/h7,11,13,15H,4-6,8-10H2,1-3H3.